The lowest BCUT2D eigenvalue weighted by molar-refractivity contribution is -0.385. The second-order valence-electron chi connectivity index (χ2n) is 5.18. The maximum atomic E-state index is 12.9. The van der Waals surface area contributed by atoms with Crippen LogP contribution in [0.2, 0.25) is 0 Å². The molecule has 132 valence electrons. The standard InChI is InChI=1S/C16H16N2O6S/c1-12-6-8-13(9-7-12)17(11-16(19)24-2)25(22,23)15-5-3-4-14(10-15)18(20)21/h3-10H,11H2,1-2H3. The summed E-state index contributed by atoms with van der Waals surface area (Å²) in [6, 6.07) is 11.1. The van der Waals surface area contributed by atoms with Gasteiger partial charge in [0.2, 0.25) is 0 Å². The minimum Gasteiger partial charge on any atom is -0.468 e. The van der Waals surface area contributed by atoms with E-state index < -0.39 is 27.5 Å². The lowest BCUT2D eigenvalue weighted by Gasteiger charge is -2.23. The Balaban J connectivity index is 2.54. The Kier molecular flexibility index (Phi) is 5.38. The summed E-state index contributed by atoms with van der Waals surface area (Å²) in [7, 11) is -3.05. The van der Waals surface area contributed by atoms with Crippen molar-refractivity contribution in [1.29, 1.82) is 0 Å². The number of methoxy groups -OCH3 is 1. The maximum absolute atomic E-state index is 12.9. The van der Waals surface area contributed by atoms with Crippen LogP contribution in [0.5, 0.6) is 0 Å². The number of sulfonamides is 1. The number of nitrogens with zero attached hydrogens (tertiary/aromatic N) is 2. The molecule has 0 amide bonds. The second-order valence-corrected chi connectivity index (χ2v) is 7.04. The minimum atomic E-state index is -4.20. The summed E-state index contributed by atoms with van der Waals surface area (Å²) < 4.78 is 31.3. The molecule has 0 saturated heterocycles. The normalized spacial score (nSPS) is 11.0. The van der Waals surface area contributed by atoms with Crippen LogP contribution >= 0.6 is 0 Å². The number of benzene rings is 2. The van der Waals surface area contributed by atoms with Gasteiger partial charge in [-0.1, -0.05) is 23.8 Å². The summed E-state index contributed by atoms with van der Waals surface area (Å²) in [6.07, 6.45) is 0. The quantitative estimate of drug-likeness (QED) is 0.442. The Morgan fingerprint density at radius 3 is 2.40 bits per heavy atom. The fraction of sp³-hybridized carbons (Fsp3) is 0.188. The van der Waals surface area contributed by atoms with Crippen LogP contribution < -0.4 is 4.31 Å². The first-order valence-corrected chi connectivity index (χ1v) is 8.60. The first-order chi connectivity index (χ1) is 11.8. The molecular formula is C16H16N2O6S. The third kappa shape index (κ3) is 4.13. The van der Waals surface area contributed by atoms with Crippen molar-refractivity contribution in [2.45, 2.75) is 11.8 Å². The average molecular weight is 364 g/mol. The van der Waals surface area contributed by atoms with E-state index in [0.29, 0.717) is 0 Å². The van der Waals surface area contributed by atoms with E-state index in [1.165, 1.54) is 18.2 Å². The number of carbonyl (C=O) groups is 1. The van der Waals surface area contributed by atoms with Crippen molar-refractivity contribution in [2.75, 3.05) is 18.0 Å². The minimum absolute atomic E-state index is 0.252. The van der Waals surface area contributed by atoms with Crippen molar-refractivity contribution in [3.63, 3.8) is 0 Å². The van der Waals surface area contributed by atoms with Crippen molar-refractivity contribution in [1.82, 2.24) is 0 Å². The Hall–Kier alpha value is -2.94. The molecule has 0 aliphatic carbocycles. The molecule has 9 heteroatoms. The molecule has 0 fully saturated rings. The Morgan fingerprint density at radius 2 is 1.84 bits per heavy atom. The molecule has 2 aromatic carbocycles. The van der Waals surface area contributed by atoms with Gasteiger partial charge >= 0.3 is 5.97 Å². The number of hydrogen-bond acceptors (Lipinski definition) is 6. The summed E-state index contributed by atoms with van der Waals surface area (Å²) in [5.41, 5.74) is 0.806. The van der Waals surface area contributed by atoms with E-state index in [4.69, 9.17) is 0 Å². The van der Waals surface area contributed by atoms with Gasteiger partial charge in [-0.25, -0.2) is 8.42 Å². The van der Waals surface area contributed by atoms with E-state index >= 15 is 0 Å². The number of nitro benzene ring substituents is 1. The predicted molar refractivity (Wildman–Crippen MR) is 90.8 cm³/mol. The van der Waals surface area contributed by atoms with Crippen LogP contribution in [0.25, 0.3) is 0 Å². The topological polar surface area (TPSA) is 107 Å². The zero-order valence-electron chi connectivity index (χ0n) is 13.6. The van der Waals surface area contributed by atoms with Crippen LogP contribution in [0.1, 0.15) is 5.56 Å². The molecule has 0 aliphatic rings. The van der Waals surface area contributed by atoms with Crippen LogP contribution in [0, 0.1) is 17.0 Å². The third-order valence-corrected chi connectivity index (χ3v) is 5.21. The molecule has 0 heterocycles. The number of anilines is 1. The molecule has 0 aromatic heterocycles. The number of carbonyl (C=O) groups excluding carboxylic acids is 1. The Bertz CT molecular complexity index is 893. The lowest BCUT2D eigenvalue weighted by Crippen LogP contribution is -2.36. The van der Waals surface area contributed by atoms with Gasteiger partial charge in [-0.05, 0) is 25.1 Å². The summed E-state index contributed by atoms with van der Waals surface area (Å²) in [5.74, 6) is -0.755. The highest BCUT2D eigenvalue weighted by molar-refractivity contribution is 7.92. The predicted octanol–water partition coefficient (Wildman–Crippen LogP) is 2.27. The SMILES string of the molecule is COC(=O)CN(c1ccc(C)cc1)S(=O)(=O)c1cccc([N+](=O)[O-])c1. The maximum Gasteiger partial charge on any atom is 0.326 e. The van der Waals surface area contributed by atoms with Crippen LogP contribution in [0.3, 0.4) is 0 Å². The molecule has 0 unspecified atom stereocenters. The summed E-state index contributed by atoms with van der Waals surface area (Å²) in [6.45, 7) is 1.29. The highest BCUT2D eigenvalue weighted by Gasteiger charge is 2.28. The van der Waals surface area contributed by atoms with E-state index in [0.717, 1.165) is 23.0 Å². The lowest BCUT2D eigenvalue weighted by atomic mass is 10.2. The van der Waals surface area contributed by atoms with E-state index in [-0.39, 0.29) is 16.3 Å². The van der Waals surface area contributed by atoms with Crippen molar-refractivity contribution in [2.24, 2.45) is 0 Å². The number of nitro groups is 1. The first kappa shape index (κ1) is 18.4. The smallest absolute Gasteiger partial charge is 0.326 e. The zero-order valence-corrected chi connectivity index (χ0v) is 14.4. The average Bonchev–Trinajstić information content (AvgIpc) is 2.60. The van der Waals surface area contributed by atoms with Crippen LogP contribution in [-0.2, 0) is 19.6 Å². The van der Waals surface area contributed by atoms with Crippen molar-refractivity contribution >= 4 is 27.4 Å². The van der Waals surface area contributed by atoms with E-state index in [1.54, 1.807) is 24.3 Å². The van der Waals surface area contributed by atoms with Gasteiger partial charge in [0.15, 0.2) is 0 Å². The molecule has 0 radical (unpaired) electrons. The highest BCUT2D eigenvalue weighted by atomic mass is 32.2. The zero-order chi connectivity index (χ0) is 18.6. The van der Waals surface area contributed by atoms with Gasteiger partial charge in [0, 0.05) is 12.1 Å². The van der Waals surface area contributed by atoms with Crippen molar-refractivity contribution in [3.8, 4) is 0 Å². The van der Waals surface area contributed by atoms with Gasteiger partial charge in [-0.3, -0.25) is 19.2 Å². The van der Waals surface area contributed by atoms with E-state index in [2.05, 4.69) is 4.74 Å². The molecule has 2 aromatic rings. The van der Waals surface area contributed by atoms with Crippen LogP contribution in [0.4, 0.5) is 11.4 Å². The van der Waals surface area contributed by atoms with Gasteiger partial charge in [0.05, 0.1) is 22.6 Å². The Labute approximate surface area is 144 Å². The van der Waals surface area contributed by atoms with E-state index in [9.17, 15) is 23.3 Å². The largest absolute Gasteiger partial charge is 0.468 e. The summed E-state index contributed by atoms with van der Waals surface area (Å²) in [4.78, 5) is 21.6. The second kappa shape index (κ2) is 7.31. The molecule has 0 saturated carbocycles. The molecule has 8 nitrogen and oxygen atoms in total. The van der Waals surface area contributed by atoms with Crippen LogP contribution in [-0.4, -0.2) is 33.0 Å². The first-order valence-electron chi connectivity index (χ1n) is 7.16. The van der Waals surface area contributed by atoms with Gasteiger partial charge in [0.1, 0.15) is 6.54 Å². The number of rotatable bonds is 6. The van der Waals surface area contributed by atoms with E-state index in [1.807, 2.05) is 6.92 Å². The fourth-order valence-electron chi connectivity index (χ4n) is 2.09. The van der Waals surface area contributed by atoms with Gasteiger partial charge in [-0.2, -0.15) is 0 Å². The molecule has 0 atom stereocenters. The number of hydrogen-bond donors (Lipinski definition) is 0. The molecule has 2 rings (SSSR count). The molecule has 0 bridgehead atoms. The number of non-ortho nitro benzene ring substituents is 1. The molecule has 0 aliphatic heterocycles. The summed E-state index contributed by atoms with van der Waals surface area (Å²) >= 11 is 0. The van der Waals surface area contributed by atoms with Gasteiger partial charge in [-0.15, -0.1) is 0 Å². The number of aryl methyl sites for hydroxylation is 1. The molecular weight excluding hydrogens is 348 g/mol. The monoisotopic (exact) mass is 364 g/mol. The number of esters is 1. The van der Waals surface area contributed by atoms with Gasteiger partial charge in [0.25, 0.3) is 15.7 Å². The van der Waals surface area contributed by atoms with Crippen molar-refractivity contribution in [3.05, 3.63) is 64.2 Å². The van der Waals surface area contributed by atoms with Gasteiger partial charge < -0.3 is 4.74 Å². The van der Waals surface area contributed by atoms with Crippen LogP contribution in [0.15, 0.2) is 53.4 Å². The molecule has 0 N–H and O–H groups in total. The molecule has 0 spiro atoms. The summed E-state index contributed by atoms with van der Waals surface area (Å²) in [5, 5.41) is 10.9. The molecule has 25 heavy (non-hydrogen) atoms. The fourth-order valence-corrected chi connectivity index (χ4v) is 3.54. The highest BCUT2D eigenvalue weighted by Crippen LogP contribution is 2.26. The number of ether oxygens (including phenoxy) is 1. The third-order valence-electron chi connectivity index (χ3n) is 3.44. The van der Waals surface area contributed by atoms with Crippen molar-refractivity contribution < 1.29 is 22.9 Å². The Morgan fingerprint density at radius 1 is 1.20 bits per heavy atom.